The molecule has 2 fully saturated rings. The van der Waals surface area contributed by atoms with Gasteiger partial charge in [-0.15, -0.1) is 0 Å². The van der Waals surface area contributed by atoms with Crippen LogP contribution in [0.1, 0.15) is 43.6 Å². The minimum absolute atomic E-state index is 0.0255. The molecule has 6 rings (SSSR count). The first-order valence-corrected chi connectivity index (χ1v) is 15.5. The van der Waals surface area contributed by atoms with Crippen LogP contribution >= 0.6 is 12.2 Å². The molecule has 2 saturated heterocycles. The number of hydroxylamine groups is 1. The molecule has 236 valence electrons. The van der Waals surface area contributed by atoms with Crippen LogP contribution in [-0.4, -0.2) is 72.1 Å². The normalized spacial score (nSPS) is 17.1. The van der Waals surface area contributed by atoms with Gasteiger partial charge >= 0.3 is 0 Å². The molecule has 2 aliphatic heterocycles. The van der Waals surface area contributed by atoms with Crippen molar-refractivity contribution in [3.05, 3.63) is 60.1 Å². The van der Waals surface area contributed by atoms with Gasteiger partial charge in [0, 0.05) is 36.1 Å². The molecule has 11 nitrogen and oxygen atoms in total. The summed E-state index contributed by atoms with van der Waals surface area (Å²) in [6.07, 6.45) is 4.43. The Morgan fingerprint density at radius 1 is 0.978 bits per heavy atom. The highest BCUT2D eigenvalue weighted by atomic mass is 32.1. The zero-order chi connectivity index (χ0) is 31.8. The smallest absolute Gasteiger partial charge is 0.247 e. The fraction of sp³-hybridized carbons (Fsp3) is 0.394. The Kier molecular flexibility index (Phi) is 10.6. The van der Waals surface area contributed by atoms with E-state index in [0.717, 1.165) is 83.6 Å². The van der Waals surface area contributed by atoms with Gasteiger partial charge in [0.15, 0.2) is 0 Å². The molecule has 0 spiro atoms. The minimum atomic E-state index is -0.575. The number of furan rings is 2. The number of amides is 2. The summed E-state index contributed by atoms with van der Waals surface area (Å²) in [6.45, 7) is 6.11. The molecule has 1 atom stereocenters. The second-order valence-electron chi connectivity index (χ2n) is 11.2. The van der Waals surface area contributed by atoms with Crippen molar-refractivity contribution in [3.8, 4) is 0 Å². The molecule has 2 amide bonds. The molecule has 2 N–H and O–H groups in total. The summed E-state index contributed by atoms with van der Waals surface area (Å²) < 4.78 is 11.0. The van der Waals surface area contributed by atoms with Crippen LogP contribution in [0.4, 0.5) is 11.4 Å². The van der Waals surface area contributed by atoms with Gasteiger partial charge < -0.3 is 24.0 Å². The van der Waals surface area contributed by atoms with Crippen molar-refractivity contribution in [3.63, 3.8) is 0 Å². The molecule has 4 heterocycles. The maximum absolute atomic E-state index is 13.2. The number of aryl methyl sites for hydroxylation is 2. The standard InChI is InChI=1S/C23H31N5O4.C10H7NOS/c1-16-13-17-14-18(8-9-20(17)32-16)24-23(26-31-2)25-19-7-3-4-12-28(22(19)30)15-21(29)27-10-5-6-11-27;1-7-4-8-5-9(11-6-13)2-3-10(8)12-7/h8-9,13-14,19H,3-7,10-12,15H2,1-2H3,(H2,24,25,26);2-5H,1H3. The Bertz CT molecular complexity index is 1730. The highest BCUT2D eigenvalue weighted by Gasteiger charge is 2.30. The van der Waals surface area contributed by atoms with Gasteiger partial charge in [-0.25, -0.2) is 10.5 Å². The minimum Gasteiger partial charge on any atom is -0.461 e. The van der Waals surface area contributed by atoms with Gasteiger partial charge in [0.1, 0.15) is 28.7 Å². The lowest BCUT2D eigenvalue weighted by Crippen LogP contribution is -2.45. The highest BCUT2D eigenvalue weighted by molar-refractivity contribution is 7.78. The van der Waals surface area contributed by atoms with E-state index in [0.29, 0.717) is 18.9 Å². The third-order valence-electron chi connectivity index (χ3n) is 7.72. The average molecular weight is 631 g/mol. The van der Waals surface area contributed by atoms with Crippen LogP contribution in [0.3, 0.4) is 0 Å². The molecule has 1 unspecified atom stereocenters. The summed E-state index contributed by atoms with van der Waals surface area (Å²) in [5.41, 5.74) is 6.03. The summed E-state index contributed by atoms with van der Waals surface area (Å²) >= 11 is 4.52. The van der Waals surface area contributed by atoms with Gasteiger partial charge in [-0.05, 0) is 107 Å². The lowest BCUT2D eigenvalue weighted by Gasteiger charge is -2.25. The zero-order valence-corrected chi connectivity index (χ0v) is 26.6. The first-order valence-electron chi connectivity index (χ1n) is 15.1. The Hall–Kier alpha value is -4.51. The molecule has 2 aromatic heterocycles. The van der Waals surface area contributed by atoms with Crippen LogP contribution in [0, 0.1) is 13.8 Å². The Balaban J connectivity index is 0.000000256. The quantitative estimate of drug-likeness (QED) is 0.113. The number of nitrogens with zero attached hydrogens (tertiary/aromatic N) is 4. The van der Waals surface area contributed by atoms with Gasteiger partial charge in [-0.2, -0.15) is 4.99 Å². The Morgan fingerprint density at radius 3 is 2.33 bits per heavy atom. The summed E-state index contributed by atoms with van der Waals surface area (Å²) in [5, 5.41) is 7.55. The largest absolute Gasteiger partial charge is 0.461 e. The number of nitrogens with one attached hydrogen (secondary N) is 2. The summed E-state index contributed by atoms with van der Waals surface area (Å²) in [6, 6.07) is 14.7. The molecule has 0 saturated carbocycles. The predicted molar refractivity (Wildman–Crippen MR) is 178 cm³/mol. The van der Waals surface area contributed by atoms with E-state index in [1.165, 1.54) is 7.11 Å². The summed E-state index contributed by atoms with van der Waals surface area (Å²) in [4.78, 5) is 42.9. The number of rotatable bonds is 6. The first kappa shape index (κ1) is 31.9. The van der Waals surface area contributed by atoms with Gasteiger partial charge in [0.25, 0.3) is 0 Å². The zero-order valence-electron chi connectivity index (χ0n) is 25.8. The fourth-order valence-corrected chi connectivity index (χ4v) is 5.71. The number of likely N-dealkylation sites (tertiary alicyclic amines) is 2. The summed E-state index contributed by atoms with van der Waals surface area (Å²) in [5.74, 6) is 2.00. The second-order valence-corrected chi connectivity index (χ2v) is 11.3. The van der Waals surface area contributed by atoms with E-state index >= 15 is 0 Å². The van der Waals surface area contributed by atoms with Crippen molar-refractivity contribution in [2.75, 3.05) is 38.6 Å². The Labute approximate surface area is 267 Å². The highest BCUT2D eigenvalue weighted by Crippen LogP contribution is 2.24. The van der Waals surface area contributed by atoms with Crippen LogP contribution in [0.15, 0.2) is 67.4 Å². The lowest BCUT2D eigenvalue weighted by molar-refractivity contribution is -0.140. The van der Waals surface area contributed by atoms with Crippen molar-refractivity contribution in [1.29, 1.82) is 0 Å². The van der Waals surface area contributed by atoms with Crippen molar-refractivity contribution in [2.24, 2.45) is 9.98 Å². The van der Waals surface area contributed by atoms with Crippen molar-refractivity contribution in [2.45, 2.75) is 52.0 Å². The van der Waals surface area contributed by atoms with Crippen LogP contribution in [0.2, 0.25) is 0 Å². The number of carbonyl (C=O) groups is 2. The number of hydrogen-bond donors (Lipinski definition) is 2. The number of fused-ring (bicyclic) bond motifs is 2. The molecular weight excluding hydrogens is 592 g/mol. The molecule has 12 heteroatoms. The van der Waals surface area contributed by atoms with Crippen LogP contribution < -0.4 is 10.8 Å². The maximum atomic E-state index is 13.2. The predicted octanol–water partition coefficient (Wildman–Crippen LogP) is 6.14. The molecule has 4 aromatic rings. The molecule has 2 aliphatic rings. The maximum Gasteiger partial charge on any atom is 0.247 e. The van der Waals surface area contributed by atoms with E-state index in [2.05, 4.69) is 38.2 Å². The lowest BCUT2D eigenvalue weighted by atomic mass is 10.1. The number of carbonyl (C=O) groups excluding carboxylic acids is 2. The Morgan fingerprint density at radius 2 is 1.64 bits per heavy atom. The SMILES string of the molecule is CONC(=NC1CCCCN(CC(=O)N2CCCC2)C1=O)Nc1ccc2oc(C)cc2c1.Cc1cc2cc(N=C=S)ccc2o1. The number of benzene rings is 2. The number of guanidine groups is 1. The van der Waals surface area contributed by atoms with E-state index in [4.69, 9.17) is 13.7 Å². The van der Waals surface area contributed by atoms with E-state index in [1.54, 1.807) is 4.90 Å². The average Bonchev–Trinajstić information content (AvgIpc) is 3.74. The number of anilines is 1. The van der Waals surface area contributed by atoms with E-state index in [1.807, 2.05) is 67.3 Å². The van der Waals surface area contributed by atoms with E-state index in [9.17, 15) is 9.59 Å². The van der Waals surface area contributed by atoms with Gasteiger partial charge in [-0.1, -0.05) is 0 Å². The molecule has 0 aliphatic carbocycles. The molecular formula is C33H38N6O5S. The van der Waals surface area contributed by atoms with Gasteiger partial charge in [-0.3, -0.25) is 14.4 Å². The number of aliphatic imine (C=N–C) groups is 2. The van der Waals surface area contributed by atoms with Crippen LogP contribution in [0.5, 0.6) is 0 Å². The van der Waals surface area contributed by atoms with E-state index in [-0.39, 0.29) is 18.4 Å². The topological polar surface area (TPSA) is 125 Å². The first-order chi connectivity index (χ1) is 21.8. The van der Waals surface area contributed by atoms with Gasteiger partial charge in [0.05, 0.1) is 24.5 Å². The number of thiocarbonyl (C=S) groups is 1. The van der Waals surface area contributed by atoms with E-state index < -0.39 is 6.04 Å². The number of isothiocyanates is 1. The fourth-order valence-electron chi connectivity index (χ4n) is 5.60. The van der Waals surface area contributed by atoms with Crippen molar-refractivity contribution in [1.82, 2.24) is 15.3 Å². The molecule has 2 aromatic carbocycles. The van der Waals surface area contributed by atoms with Crippen LogP contribution in [-0.2, 0) is 14.4 Å². The van der Waals surface area contributed by atoms with Crippen LogP contribution in [0.25, 0.3) is 21.9 Å². The van der Waals surface area contributed by atoms with Crippen molar-refractivity contribution >= 4 is 68.5 Å². The van der Waals surface area contributed by atoms with Crippen molar-refractivity contribution < 1.29 is 23.3 Å². The molecule has 0 radical (unpaired) electrons. The second kappa shape index (κ2) is 15.0. The number of hydrogen-bond acceptors (Lipinski definition) is 8. The third kappa shape index (κ3) is 8.36. The molecule has 45 heavy (non-hydrogen) atoms. The third-order valence-corrected chi connectivity index (χ3v) is 7.81. The molecule has 0 bridgehead atoms. The van der Waals surface area contributed by atoms with Gasteiger partial charge in [0.2, 0.25) is 17.8 Å². The monoisotopic (exact) mass is 630 g/mol. The summed E-state index contributed by atoms with van der Waals surface area (Å²) in [7, 11) is 1.50.